The third-order valence-electron chi connectivity index (χ3n) is 3.85. The summed E-state index contributed by atoms with van der Waals surface area (Å²) in [6.45, 7) is 1.97. The topological polar surface area (TPSA) is 69.4 Å². The predicted octanol–water partition coefficient (Wildman–Crippen LogP) is 4.77. The number of aryl methyl sites for hydroxylation is 1. The molecule has 0 bridgehead atoms. The number of benzene rings is 2. The fourth-order valence-electron chi connectivity index (χ4n) is 2.50. The van der Waals surface area contributed by atoms with Gasteiger partial charge in [-0.2, -0.15) is 0 Å². The van der Waals surface area contributed by atoms with Crippen molar-refractivity contribution in [3.05, 3.63) is 86.0 Å². The Morgan fingerprint density at radius 2 is 2.08 bits per heavy atom. The van der Waals surface area contributed by atoms with Crippen molar-refractivity contribution < 1.29 is 14.5 Å². The van der Waals surface area contributed by atoms with E-state index in [1.165, 1.54) is 12.1 Å². The number of rotatable bonds is 4. The van der Waals surface area contributed by atoms with E-state index in [1.807, 2.05) is 6.08 Å². The van der Waals surface area contributed by atoms with Crippen LogP contribution in [0.25, 0.3) is 6.08 Å². The molecule has 0 saturated carbocycles. The van der Waals surface area contributed by atoms with Gasteiger partial charge in [-0.05, 0) is 42.8 Å². The summed E-state index contributed by atoms with van der Waals surface area (Å²) in [6.07, 6.45) is 4.93. The minimum absolute atomic E-state index is 0.0666. The monoisotopic (exact) mass is 355 g/mol. The molecular weight excluding hydrogens is 342 g/mol. The SMILES string of the molecule is Cc1ccc(C(=O)/C=C/C2=Cc3cc(Cl)ccc3OC2)cc1[N+](=O)[O-]. The second-order valence-electron chi connectivity index (χ2n) is 5.65. The highest BCUT2D eigenvalue weighted by molar-refractivity contribution is 6.30. The third kappa shape index (κ3) is 3.78. The maximum absolute atomic E-state index is 12.3. The number of nitrogens with zero attached hydrogens (tertiary/aromatic N) is 1. The van der Waals surface area contributed by atoms with E-state index in [9.17, 15) is 14.9 Å². The van der Waals surface area contributed by atoms with Crippen molar-refractivity contribution in [3.63, 3.8) is 0 Å². The van der Waals surface area contributed by atoms with Crippen molar-refractivity contribution in [3.8, 4) is 5.75 Å². The molecule has 0 radical (unpaired) electrons. The fourth-order valence-corrected chi connectivity index (χ4v) is 2.68. The van der Waals surface area contributed by atoms with Gasteiger partial charge in [0.15, 0.2) is 5.78 Å². The molecule has 3 rings (SSSR count). The number of carbonyl (C=O) groups is 1. The van der Waals surface area contributed by atoms with Gasteiger partial charge in [-0.3, -0.25) is 14.9 Å². The van der Waals surface area contributed by atoms with Crippen LogP contribution in [-0.2, 0) is 0 Å². The lowest BCUT2D eigenvalue weighted by atomic mass is 10.0. The lowest BCUT2D eigenvalue weighted by Crippen LogP contribution is -2.06. The van der Waals surface area contributed by atoms with Gasteiger partial charge >= 0.3 is 0 Å². The number of allylic oxidation sites excluding steroid dienone is 1. The molecular formula is C19H14ClNO4. The van der Waals surface area contributed by atoms with Gasteiger partial charge in [0.2, 0.25) is 0 Å². The van der Waals surface area contributed by atoms with Gasteiger partial charge in [-0.25, -0.2) is 0 Å². The Morgan fingerprint density at radius 3 is 2.84 bits per heavy atom. The van der Waals surface area contributed by atoms with Crippen molar-refractivity contribution in [2.24, 2.45) is 0 Å². The number of nitro benzene ring substituents is 1. The van der Waals surface area contributed by atoms with E-state index >= 15 is 0 Å². The number of fused-ring (bicyclic) bond motifs is 1. The van der Waals surface area contributed by atoms with E-state index in [-0.39, 0.29) is 17.0 Å². The van der Waals surface area contributed by atoms with Crippen LogP contribution >= 0.6 is 11.6 Å². The summed E-state index contributed by atoms with van der Waals surface area (Å²) in [6, 6.07) is 9.78. The molecule has 0 aromatic heterocycles. The standard InChI is InChI=1S/C19H14ClNO4/c1-12-2-4-14(10-17(12)21(23)24)18(22)6-3-13-8-15-9-16(20)5-7-19(15)25-11-13/h2-10H,11H2,1H3/b6-3+. The van der Waals surface area contributed by atoms with Crippen molar-refractivity contribution in [1.82, 2.24) is 0 Å². The van der Waals surface area contributed by atoms with Crippen LogP contribution in [0.5, 0.6) is 5.75 Å². The number of carbonyl (C=O) groups excluding carboxylic acids is 1. The smallest absolute Gasteiger partial charge is 0.273 e. The minimum atomic E-state index is -0.492. The van der Waals surface area contributed by atoms with Crippen LogP contribution in [-0.4, -0.2) is 17.3 Å². The average molecular weight is 356 g/mol. The molecule has 0 unspecified atom stereocenters. The summed E-state index contributed by atoms with van der Waals surface area (Å²) < 4.78 is 5.62. The Bertz CT molecular complexity index is 931. The molecule has 25 heavy (non-hydrogen) atoms. The molecule has 0 saturated heterocycles. The van der Waals surface area contributed by atoms with Gasteiger partial charge in [0.1, 0.15) is 12.4 Å². The van der Waals surface area contributed by atoms with E-state index in [0.717, 1.165) is 16.9 Å². The summed E-state index contributed by atoms with van der Waals surface area (Å²) >= 11 is 5.97. The average Bonchev–Trinajstić information content (AvgIpc) is 2.59. The van der Waals surface area contributed by atoms with Gasteiger partial charge in [-0.15, -0.1) is 0 Å². The third-order valence-corrected chi connectivity index (χ3v) is 4.08. The highest BCUT2D eigenvalue weighted by atomic mass is 35.5. The predicted molar refractivity (Wildman–Crippen MR) is 96.2 cm³/mol. The van der Waals surface area contributed by atoms with Crippen LogP contribution < -0.4 is 4.74 Å². The van der Waals surface area contributed by atoms with Crippen molar-refractivity contribution in [2.45, 2.75) is 6.92 Å². The van der Waals surface area contributed by atoms with Crippen molar-refractivity contribution in [1.29, 1.82) is 0 Å². The van der Waals surface area contributed by atoms with E-state index in [4.69, 9.17) is 16.3 Å². The van der Waals surface area contributed by atoms with Crippen LogP contribution in [0.2, 0.25) is 5.02 Å². The Kier molecular flexibility index (Phi) is 4.67. The molecule has 0 N–H and O–H groups in total. The quantitative estimate of drug-likeness (QED) is 0.343. The highest BCUT2D eigenvalue weighted by Crippen LogP contribution is 2.29. The number of hydrogen-bond acceptors (Lipinski definition) is 4. The van der Waals surface area contributed by atoms with E-state index in [0.29, 0.717) is 17.2 Å². The minimum Gasteiger partial charge on any atom is -0.488 e. The van der Waals surface area contributed by atoms with Gasteiger partial charge in [0.05, 0.1) is 4.92 Å². The number of hydrogen-bond donors (Lipinski definition) is 0. The largest absolute Gasteiger partial charge is 0.488 e. The Balaban J connectivity index is 1.82. The number of nitro groups is 1. The van der Waals surface area contributed by atoms with Crippen LogP contribution in [0, 0.1) is 17.0 Å². The number of halogens is 1. The molecule has 1 heterocycles. The second kappa shape index (κ2) is 6.91. The Hall–Kier alpha value is -2.92. The first-order chi connectivity index (χ1) is 11.9. The molecule has 0 fully saturated rings. The zero-order valence-electron chi connectivity index (χ0n) is 13.4. The summed E-state index contributed by atoms with van der Waals surface area (Å²) in [5, 5.41) is 11.6. The Labute approximate surface area is 149 Å². The summed E-state index contributed by atoms with van der Waals surface area (Å²) in [7, 11) is 0. The normalized spacial score (nSPS) is 13.1. The maximum atomic E-state index is 12.3. The number of ketones is 1. The van der Waals surface area contributed by atoms with Crippen LogP contribution in [0.4, 0.5) is 5.69 Å². The van der Waals surface area contributed by atoms with Gasteiger partial charge < -0.3 is 4.74 Å². The molecule has 0 atom stereocenters. The second-order valence-corrected chi connectivity index (χ2v) is 6.08. The number of ether oxygens (including phenoxy) is 1. The molecule has 6 heteroatoms. The van der Waals surface area contributed by atoms with Crippen LogP contribution in [0.15, 0.2) is 54.1 Å². The molecule has 0 amide bonds. The first kappa shape index (κ1) is 16.9. The van der Waals surface area contributed by atoms with Gasteiger partial charge in [0.25, 0.3) is 5.69 Å². The molecule has 0 spiro atoms. The van der Waals surface area contributed by atoms with Crippen molar-refractivity contribution in [2.75, 3.05) is 6.61 Å². The maximum Gasteiger partial charge on any atom is 0.273 e. The first-order valence-electron chi connectivity index (χ1n) is 7.54. The lowest BCUT2D eigenvalue weighted by molar-refractivity contribution is -0.385. The van der Waals surface area contributed by atoms with Crippen molar-refractivity contribution >= 4 is 29.1 Å². The summed E-state index contributed by atoms with van der Waals surface area (Å²) in [4.78, 5) is 22.8. The van der Waals surface area contributed by atoms with E-state index < -0.39 is 4.92 Å². The van der Waals surface area contributed by atoms with Crippen LogP contribution in [0.3, 0.4) is 0 Å². The zero-order chi connectivity index (χ0) is 18.0. The van der Waals surface area contributed by atoms with E-state index in [1.54, 1.807) is 43.3 Å². The lowest BCUT2D eigenvalue weighted by Gasteiger charge is -2.16. The summed E-state index contributed by atoms with van der Waals surface area (Å²) in [5.74, 6) is 0.433. The zero-order valence-corrected chi connectivity index (χ0v) is 14.1. The van der Waals surface area contributed by atoms with Crippen LogP contribution in [0.1, 0.15) is 21.5 Å². The molecule has 1 aliphatic rings. The molecule has 126 valence electrons. The first-order valence-corrected chi connectivity index (χ1v) is 7.92. The van der Waals surface area contributed by atoms with Gasteiger partial charge in [-0.1, -0.05) is 29.8 Å². The molecule has 0 aliphatic carbocycles. The fraction of sp³-hybridized carbons (Fsp3) is 0.105. The summed E-state index contributed by atoms with van der Waals surface area (Å²) in [5.41, 5.74) is 2.38. The molecule has 2 aromatic rings. The highest BCUT2D eigenvalue weighted by Gasteiger charge is 2.14. The molecule has 2 aromatic carbocycles. The van der Waals surface area contributed by atoms with Gasteiger partial charge in [0, 0.05) is 27.8 Å². The van der Waals surface area contributed by atoms with E-state index in [2.05, 4.69) is 0 Å². The molecule has 5 nitrogen and oxygen atoms in total. The Morgan fingerprint density at radius 1 is 1.28 bits per heavy atom. The molecule has 1 aliphatic heterocycles.